The molecule has 1 N–H and O–H groups in total. The summed E-state index contributed by atoms with van der Waals surface area (Å²) >= 11 is 0. The third-order valence-corrected chi connectivity index (χ3v) is 5.91. The van der Waals surface area contributed by atoms with Crippen molar-refractivity contribution in [2.75, 3.05) is 5.32 Å². The molecular weight excluding hydrogens is 423 g/mol. The van der Waals surface area contributed by atoms with E-state index < -0.39 is 11.7 Å². The number of para-hydroxylation sites is 1. The fourth-order valence-electron chi connectivity index (χ4n) is 4.12. The molecule has 4 rings (SSSR count). The minimum Gasteiger partial charge on any atom is -0.490 e. The van der Waals surface area contributed by atoms with Gasteiger partial charge in [0.2, 0.25) is 0 Å². The Morgan fingerprint density at radius 2 is 2.06 bits per heavy atom. The summed E-state index contributed by atoms with van der Waals surface area (Å²) in [5.41, 5.74) is 1.19. The van der Waals surface area contributed by atoms with Gasteiger partial charge in [0.25, 0.3) is 5.91 Å². The maximum absolute atomic E-state index is 15.3. The third kappa shape index (κ3) is 4.69. The molecule has 3 aromatic rings. The van der Waals surface area contributed by atoms with E-state index in [1.54, 1.807) is 10.6 Å². The molecule has 174 valence electrons. The molecule has 7 nitrogen and oxygen atoms in total. The van der Waals surface area contributed by atoms with Crippen molar-refractivity contribution in [3.8, 4) is 11.4 Å². The molecule has 1 atom stereocenters. The zero-order valence-electron chi connectivity index (χ0n) is 19.2. The number of halogens is 1. The molecule has 33 heavy (non-hydrogen) atoms. The number of aromatic nitrogens is 3. The van der Waals surface area contributed by atoms with E-state index in [4.69, 9.17) is 4.74 Å². The van der Waals surface area contributed by atoms with E-state index in [9.17, 15) is 9.59 Å². The van der Waals surface area contributed by atoms with Gasteiger partial charge >= 0.3 is 5.69 Å². The van der Waals surface area contributed by atoms with Crippen molar-refractivity contribution in [2.24, 2.45) is 0 Å². The summed E-state index contributed by atoms with van der Waals surface area (Å²) in [6.45, 7) is 6.39. The summed E-state index contributed by atoms with van der Waals surface area (Å²) in [5.74, 6) is -0.326. The standard InChI is InChI=1S/C25H29FN4O3/c1-4-9-17(3)33-22-15-21(30-25(32)29-13-8-7-12-23(29)28-30)19(26)14-18(22)24(31)27-20-11-6-5-10-16(20)2/h5-6,10-11,14-15,17H,4,7-9,12-13H2,1-3H3,(H,27,31). The molecule has 1 aromatic heterocycles. The Bertz CT molecular complexity index is 1230. The minimum atomic E-state index is -0.710. The zero-order valence-corrected chi connectivity index (χ0v) is 19.2. The highest BCUT2D eigenvalue weighted by atomic mass is 19.1. The second-order valence-corrected chi connectivity index (χ2v) is 8.51. The first kappa shape index (κ1) is 22.8. The Morgan fingerprint density at radius 3 is 2.79 bits per heavy atom. The number of aryl methyl sites for hydroxylation is 2. The van der Waals surface area contributed by atoms with Crippen molar-refractivity contribution in [3.05, 3.63) is 69.7 Å². The van der Waals surface area contributed by atoms with Crippen LogP contribution in [0.1, 0.15) is 61.3 Å². The molecule has 1 amide bonds. The summed E-state index contributed by atoms with van der Waals surface area (Å²) in [7, 11) is 0. The average Bonchev–Trinajstić information content (AvgIpc) is 3.13. The number of carbonyl (C=O) groups is 1. The molecule has 1 aliphatic heterocycles. The van der Waals surface area contributed by atoms with Crippen molar-refractivity contribution >= 4 is 11.6 Å². The number of ether oxygens (including phenoxy) is 1. The van der Waals surface area contributed by atoms with Gasteiger partial charge in [0.05, 0.1) is 11.7 Å². The Labute approximate surface area is 192 Å². The number of rotatable bonds is 7. The van der Waals surface area contributed by atoms with Crippen LogP contribution in [-0.4, -0.2) is 26.4 Å². The molecule has 0 saturated carbocycles. The van der Waals surface area contributed by atoms with Gasteiger partial charge in [-0.15, -0.1) is 5.10 Å². The molecule has 0 saturated heterocycles. The first-order chi connectivity index (χ1) is 15.9. The molecule has 8 heteroatoms. The van der Waals surface area contributed by atoms with Crippen molar-refractivity contribution in [3.63, 3.8) is 0 Å². The van der Waals surface area contributed by atoms with Gasteiger partial charge in [0, 0.05) is 24.7 Å². The lowest BCUT2D eigenvalue weighted by Crippen LogP contribution is -2.27. The first-order valence-electron chi connectivity index (χ1n) is 11.4. The lowest BCUT2D eigenvalue weighted by atomic mass is 10.1. The Balaban J connectivity index is 1.76. The smallest absolute Gasteiger partial charge is 0.350 e. The summed E-state index contributed by atoms with van der Waals surface area (Å²) in [5, 5.41) is 7.20. The van der Waals surface area contributed by atoms with Gasteiger partial charge in [-0.25, -0.2) is 9.18 Å². The lowest BCUT2D eigenvalue weighted by Gasteiger charge is -2.18. The van der Waals surface area contributed by atoms with Crippen LogP contribution in [0.5, 0.6) is 5.75 Å². The second-order valence-electron chi connectivity index (χ2n) is 8.51. The average molecular weight is 453 g/mol. The molecule has 1 unspecified atom stereocenters. The van der Waals surface area contributed by atoms with Crippen LogP contribution < -0.4 is 15.7 Å². The summed E-state index contributed by atoms with van der Waals surface area (Å²) < 4.78 is 24.0. The molecule has 2 aromatic carbocycles. The lowest BCUT2D eigenvalue weighted by molar-refractivity contribution is 0.101. The van der Waals surface area contributed by atoms with Crippen LogP contribution >= 0.6 is 0 Å². The van der Waals surface area contributed by atoms with E-state index in [1.807, 2.05) is 39.0 Å². The van der Waals surface area contributed by atoms with Crippen LogP contribution in [0.25, 0.3) is 5.69 Å². The number of fused-ring (bicyclic) bond motifs is 1. The number of amides is 1. The van der Waals surface area contributed by atoms with Gasteiger partial charge in [-0.2, -0.15) is 4.68 Å². The summed E-state index contributed by atoms with van der Waals surface area (Å²) in [4.78, 5) is 26.0. The zero-order chi connectivity index (χ0) is 23.5. The molecule has 0 aliphatic carbocycles. The number of benzene rings is 2. The number of carbonyl (C=O) groups excluding carboxylic acids is 1. The van der Waals surface area contributed by atoms with Crippen molar-refractivity contribution in [2.45, 2.75) is 65.5 Å². The van der Waals surface area contributed by atoms with Crippen molar-refractivity contribution < 1.29 is 13.9 Å². The molecular formula is C25H29FN4O3. The normalized spacial score (nSPS) is 13.9. The van der Waals surface area contributed by atoms with Crippen LogP contribution in [0.3, 0.4) is 0 Å². The van der Waals surface area contributed by atoms with Gasteiger partial charge in [0.15, 0.2) is 0 Å². The second kappa shape index (κ2) is 9.60. The number of hydrogen-bond donors (Lipinski definition) is 1. The predicted molar refractivity (Wildman–Crippen MR) is 125 cm³/mol. The van der Waals surface area contributed by atoms with Gasteiger partial charge in [0.1, 0.15) is 23.1 Å². The van der Waals surface area contributed by atoms with Gasteiger partial charge < -0.3 is 10.1 Å². The predicted octanol–water partition coefficient (Wildman–Crippen LogP) is 4.64. The number of nitrogens with zero attached hydrogens (tertiary/aromatic N) is 3. The molecule has 1 aliphatic rings. The fraction of sp³-hybridized carbons (Fsp3) is 0.400. The van der Waals surface area contributed by atoms with E-state index in [0.29, 0.717) is 24.5 Å². The van der Waals surface area contributed by atoms with E-state index >= 15 is 4.39 Å². The Hall–Kier alpha value is -3.42. The monoisotopic (exact) mass is 452 g/mol. The van der Waals surface area contributed by atoms with E-state index in [-0.39, 0.29) is 28.8 Å². The maximum Gasteiger partial charge on any atom is 0.350 e. The fourth-order valence-corrected chi connectivity index (χ4v) is 4.12. The molecule has 0 spiro atoms. The number of hydrogen-bond acceptors (Lipinski definition) is 4. The number of nitrogens with one attached hydrogen (secondary N) is 1. The highest BCUT2D eigenvalue weighted by Crippen LogP contribution is 2.28. The molecule has 0 bridgehead atoms. The van der Waals surface area contributed by atoms with Crippen LogP contribution in [0.4, 0.5) is 10.1 Å². The van der Waals surface area contributed by atoms with Crippen LogP contribution in [0.15, 0.2) is 41.2 Å². The van der Waals surface area contributed by atoms with E-state index in [0.717, 1.165) is 42.0 Å². The van der Waals surface area contributed by atoms with Gasteiger partial charge in [-0.3, -0.25) is 9.36 Å². The van der Waals surface area contributed by atoms with Crippen LogP contribution in [-0.2, 0) is 13.0 Å². The highest BCUT2D eigenvalue weighted by molar-refractivity contribution is 6.06. The minimum absolute atomic E-state index is 0.0203. The topological polar surface area (TPSA) is 78.2 Å². The van der Waals surface area contributed by atoms with Gasteiger partial charge in [-0.05, 0) is 50.8 Å². The Kier molecular flexibility index (Phi) is 6.62. The third-order valence-electron chi connectivity index (χ3n) is 5.91. The van der Waals surface area contributed by atoms with Gasteiger partial charge in [-0.1, -0.05) is 31.5 Å². The summed E-state index contributed by atoms with van der Waals surface area (Å²) in [6.07, 6.45) is 3.99. The maximum atomic E-state index is 15.3. The van der Waals surface area contributed by atoms with Crippen LogP contribution in [0.2, 0.25) is 0 Å². The first-order valence-corrected chi connectivity index (χ1v) is 11.4. The van der Waals surface area contributed by atoms with E-state index in [2.05, 4.69) is 10.4 Å². The Morgan fingerprint density at radius 1 is 1.27 bits per heavy atom. The number of anilines is 1. The quantitative estimate of drug-likeness (QED) is 0.567. The molecule has 0 fully saturated rings. The van der Waals surface area contributed by atoms with E-state index in [1.165, 1.54) is 6.07 Å². The largest absolute Gasteiger partial charge is 0.490 e. The SMILES string of the molecule is CCCC(C)Oc1cc(-n2nc3n(c2=O)CCCC3)c(F)cc1C(=O)Nc1ccccc1C. The molecule has 2 heterocycles. The summed E-state index contributed by atoms with van der Waals surface area (Å²) in [6, 6.07) is 9.90. The van der Waals surface area contributed by atoms with Crippen molar-refractivity contribution in [1.29, 1.82) is 0 Å². The van der Waals surface area contributed by atoms with Crippen molar-refractivity contribution in [1.82, 2.24) is 14.3 Å². The molecule has 0 radical (unpaired) electrons. The highest BCUT2D eigenvalue weighted by Gasteiger charge is 2.24. The van der Waals surface area contributed by atoms with Crippen LogP contribution in [0, 0.1) is 12.7 Å².